The molecule has 0 amide bonds. The van der Waals surface area contributed by atoms with Gasteiger partial charge in [-0.25, -0.2) is 4.79 Å². The fourth-order valence-electron chi connectivity index (χ4n) is 3.52. The number of rotatable bonds is 7. The monoisotopic (exact) mass is 399 g/mol. The minimum absolute atomic E-state index is 0.182. The van der Waals surface area contributed by atoms with Crippen LogP contribution < -0.4 is 5.32 Å². The molecule has 1 unspecified atom stereocenters. The molecule has 0 aromatic heterocycles. The van der Waals surface area contributed by atoms with Crippen LogP contribution in [-0.2, 0) is 4.74 Å². The van der Waals surface area contributed by atoms with Crippen LogP contribution in [0.5, 0.6) is 0 Å². The Bertz CT molecular complexity index is 1230. The SMILES string of the molecule is CCOC(Nc1ccc(C(=O)O)cc1)C(=O)c1ccc2ccc3ccccc3c2c1. The van der Waals surface area contributed by atoms with E-state index in [2.05, 4.69) is 17.4 Å². The second-order valence-corrected chi connectivity index (χ2v) is 6.95. The van der Waals surface area contributed by atoms with Gasteiger partial charge in [0.2, 0.25) is 5.78 Å². The van der Waals surface area contributed by atoms with Crippen molar-refractivity contribution < 1.29 is 19.4 Å². The van der Waals surface area contributed by atoms with Crippen LogP contribution in [0, 0.1) is 0 Å². The summed E-state index contributed by atoms with van der Waals surface area (Å²) in [6.07, 6.45) is -0.877. The lowest BCUT2D eigenvalue weighted by atomic mass is 9.98. The second kappa shape index (κ2) is 8.35. The number of anilines is 1. The highest BCUT2D eigenvalue weighted by Crippen LogP contribution is 2.27. The highest BCUT2D eigenvalue weighted by atomic mass is 16.5. The van der Waals surface area contributed by atoms with Crippen LogP contribution >= 0.6 is 0 Å². The average molecular weight is 399 g/mol. The second-order valence-electron chi connectivity index (χ2n) is 6.95. The largest absolute Gasteiger partial charge is 0.478 e. The molecule has 0 heterocycles. The van der Waals surface area contributed by atoms with Crippen molar-refractivity contribution in [2.24, 2.45) is 0 Å². The Labute approximate surface area is 173 Å². The van der Waals surface area contributed by atoms with Crippen LogP contribution in [0.2, 0.25) is 0 Å². The number of hydrogen-bond acceptors (Lipinski definition) is 4. The maximum Gasteiger partial charge on any atom is 0.335 e. The summed E-state index contributed by atoms with van der Waals surface area (Å²) in [4.78, 5) is 24.2. The Morgan fingerprint density at radius 3 is 2.20 bits per heavy atom. The molecular formula is C25H21NO4. The van der Waals surface area contributed by atoms with Crippen molar-refractivity contribution >= 4 is 39.0 Å². The summed E-state index contributed by atoms with van der Waals surface area (Å²) in [5.74, 6) is -1.18. The number of nitrogens with one attached hydrogen (secondary N) is 1. The molecule has 4 aromatic carbocycles. The van der Waals surface area contributed by atoms with Gasteiger partial charge < -0.3 is 15.2 Å². The summed E-state index contributed by atoms with van der Waals surface area (Å²) in [6, 6.07) is 24.1. The highest BCUT2D eigenvalue weighted by molar-refractivity contribution is 6.11. The van der Waals surface area contributed by atoms with Crippen molar-refractivity contribution in [2.75, 3.05) is 11.9 Å². The Morgan fingerprint density at radius 1 is 0.867 bits per heavy atom. The van der Waals surface area contributed by atoms with Crippen molar-refractivity contribution in [1.29, 1.82) is 0 Å². The third kappa shape index (κ3) is 3.88. The Hall–Kier alpha value is -3.70. The van der Waals surface area contributed by atoms with E-state index in [1.807, 2.05) is 43.3 Å². The van der Waals surface area contributed by atoms with Crippen LogP contribution in [0.25, 0.3) is 21.5 Å². The fourth-order valence-corrected chi connectivity index (χ4v) is 3.52. The number of ether oxygens (including phenoxy) is 1. The van der Waals surface area contributed by atoms with Crippen molar-refractivity contribution in [3.05, 3.63) is 90.0 Å². The lowest BCUT2D eigenvalue weighted by Crippen LogP contribution is -2.32. The van der Waals surface area contributed by atoms with E-state index in [1.165, 1.54) is 12.1 Å². The predicted molar refractivity (Wildman–Crippen MR) is 118 cm³/mol. The quantitative estimate of drug-likeness (QED) is 0.249. The molecule has 4 rings (SSSR count). The molecule has 150 valence electrons. The highest BCUT2D eigenvalue weighted by Gasteiger charge is 2.21. The molecule has 4 aromatic rings. The summed E-state index contributed by atoms with van der Waals surface area (Å²) in [7, 11) is 0. The van der Waals surface area contributed by atoms with E-state index < -0.39 is 12.2 Å². The minimum atomic E-state index is -0.998. The zero-order valence-corrected chi connectivity index (χ0v) is 16.5. The summed E-state index contributed by atoms with van der Waals surface area (Å²) < 4.78 is 5.66. The first-order valence-electron chi connectivity index (χ1n) is 9.74. The van der Waals surface area contributed by atoms with Crippen LogP contribution in [0.4, 0.5) is 5.69 Å². The molecule has 0 spiro atoms. The minimum Gasteiger partial charge on any atom is -0.478 e. The zero-order chi connectivity index (χ0) is 21.1. The molecule has 0 aliphatic rings. The van der Waals surface area contributed by atoms with Crippen molar-refractivity contribution in [3.63, 3.8) is 0 Å². The number of carbonyl (C=O) groups excluding carboxylic acids is 1. The molecule has 5 heteroatoms. The molecule has 5 nitrogen and oxygen atoms in total. The molecule has 2 N–H and O–H groups in total. The summed E-state index contributed by atoms with van der Waals surface area (Å²) in [5, 5.41) is 16.4. The van der Waals surface area contributed by atoms with Crippen LogP contribution in [0.15, 0.2) is 78.9 Å². The molecule has 0 aliphatic heterocycles. The lowest BCUT2D eigenvalue weighted by Gasteiger charge is -2.19. The van der Waals surface area contributed by atoms with Gasteiger partial charge in [-0.15, -0.1) is 0 Å². The fraction of sp³-hybridized carbons (Fsp3) is 0.120. The normalized spacial score (nSPS) is 12.0. The lowest BCUT2D eigenvalue weighted by molar-refractivity contribution is 0.0549. The van der Waals surface area contributed by atoms with Crippen LogP contribution in [-0.4, -0.2) is 29.7 Å². The van der Waals surface area contributed by atoms with Gasteiger partial charge in [0.25, 0.3) is 0 Å². The zero-order valence-electron chi connectivity index (χ0n) is 16.5. The summed E-state index contributed by atoms with van der Waals surface area (Å²) >= 11 is 0. The first kappa shape index (κ1) is 19.6. The molecule has 0 saturated carbocycles. The van der Waals surface area contributed by atoms with E-state index in [0.29, 0.717) is 17.9 Å². The third-order valence-corrected chi connectivity index (χ3v) is 5.03. The third-order valence-electron chi connectivity index (χ3n) is 5.03. The number of hydrogen-bond donors (Lipinski definition) is 2. The van der Waals surface area contributed by atoms with Gasteiger partial charge in [-0.3, -0.25) is 4.79 Å². The maximum absolute atomic E-state index is 13.2. The van der Waals surface area contributed by atoms with Gasteiger partial charge in [-0.1, -0.05) is 48.5 Å². The number of Topliss-reactive ketones (excluding diaryl/α,β-unsaturated/α-hetero) is 1. The maximum atomic E-state index is 13.2. The van der Waals surface area contributed by atoms with E-state index in [0.717, 1.165) is 21.5 Å². The van der Waals surface area contributed by atoms with Crippen molar-refractivity contribution in [1.82, 2.24) is 0 Å². The van der Waals surface area contributed by atoms with Gasteiger partial charge in [0.15, 0.2) is 6.23 Å². The Kier molecular flexibility index (Phi) is 5.46. The molecule has 1 atom stereocenters. The summed E-state index contributed by atoms with van der Waals surface area (Å²) in [5.41, 5.74) is 1.34. The van der Waals surface area contributed by atoms with Crippen molar-refractivity contribution in [3.8, 4) is 0 Å². The van der Waals surface area contributed by atoms with Crippen LogP contribution in [0.3, 0.4) is 0 Å². The summed E-state index contributed by atoms with van der Waals surface area (Å²) in [6.45, 7) is 2.18. The smallest absolute Gasteiger partial charge is 0.335 e. The average Bonchev–Trinajstić information content (AvgIpc) is 2.78. The van der Waals surface area contributed by atoms with E-state index in [9.17, 15) is 9.59 Å². The molecular weight excluding hydrogens is 378 g/mol. The Balaban J connectivity index is 1.66. The first-order valence-corrected chi connectivity index (χ1v) is 9.74. The molecule has 30 heavy (non-hydrogen) atoms. The van der Waals surface area contributed by atoms with Gasteiger partial charge in [0.05, 0.1) is 5.56 Å². The topological polar surface area (TPSA) is 75.6 Å². The number of aromatic carboxylic acids is 1. The van der Waals surface area contributed by atoms with Gasteiger partial charge in [0, 0.05) is 17.9 Å². The molecule has 0 radical (unpaired) electrons. The van der Waals surface area contributed by atoms with Gasteiger partial charge in [-0.2, -0.15) is 0 Å². The van der Waals surface area contributed by atoms with E-state index in [4.69, 9.17) is 9.84 Å². The molecule has 0 bridgehead atoms. The molecule has 0 fully saturated rings. The number of ketones is 1. The van der Waals surface area contributed by atoms with Crippen LogP contribution in [0.1, 0.15) is 27.6 Å². The van der Waals surface area contributed by atoms with Gasteiger partial charge in [0.1, 0.15) is 0 Å². The van der Waals surface area contributed by atoms with E-state index in [1.54, 1.807) is 18.2 Å². The number of fused-ring (bicyclic) bond motifs is 3. The first-order chi connectivity index (χ1) is 14.6. The predicted octanol–water partition coefficient (Wildman–Crippen LogP) is 5.35. The van der Waals surface area contributed by atoms with E-state index in [-0.39, 0.29) is 11.3 Å². The van der Waals surface area contributed by atoms with Gasteiger partial charge >= 0.3 is 5.97 Å². The van der Waals surface area contributed by atoms with Crippen molar-refractivity contribution in [2.45, 2.75) is 13.2 Å². The molecule has 0 aliphatic carbocycles. The van der Waals surface area contributed by atoms with Gasteiger partial charge in [-0.05, 0) is 58.8 Å². The number of carboxylic acid groups (broad SMARTS) is 1. The standard InChI is InChI=1S/C25H21NO4/c1-2-30-24(26-20-13-11-18(12-14-20)25(28)29)23(27)19-10-9-17-8-7-16-5-3-4-6-21(16)22(17)15-19/h3-15,24,26H,2H2,1H3,(H,28,29). The molecule has 0 saturated heterocycles. The van der Waals surface area contributed by atoms with E-state index >= 15 is 0 Å². The number of carbonyl (C=O) groups is 2. The number of carboxylic acids is 1. The Morgan fingerprint density at radius 2 is 1.50 bits per heavy atom. The number of benzene rings is 4.